The van der Waals surface area contributed by atoms with Crippen molar-refractivity contribution in [2.24, 2.45) is 0 Å². The molecule has 2 aromatic rings. The van der Waals surface area contributed by atoms with E-state index in [0.717, 1.165) is 42.8 Å². The summed E-state index contributed by atoms with van der Waals surface area (Å²) in [6.07, 6.45) is 8.21. The molecule has 5 heteroatoms. The van der Waals surface area contributed by atoms with Crippen molar-refractivity contribution < 1.29 is 0 Å². The van der Waals surface area contributed by atoms with Gasteiger partial charge >= 0.3 is 0 Å². The summed E-state index contributed by atoms with van der Waals surface area (Å²) in [4.78, 5) is 22.9. The molecule has 1 N–H and O–H groups in total. The Hall–Kier alpha value is -1.85. The molecule has 0 aliphatic carbocycles. The van der Waals surface area contributed by atoms with Crippen LogP contribution in [0.25, 0.3) is 10.8 Å². The molecule has 0 amide bonds. The lowest BCUT2D eigenvalue weighted by molar-refractivity contribution is 0.218. The summed E-state index contributed by atoms with van der Waals surface area (Å²) >= 11 is 0. The van der Waals surface area contributed by atoms with Crippen LogP contribution in [0, 0.1) is 0 Å². The van der Waals surface area contributed by atoms with Crippen molar-refractivity contribution in [2.75, 3.05) is 57.3 Å². The van der Waals surface area contributed by atoms with Crippen molar-refractivity contribution >= 4 is 16.6 Å². The van der Waals surface area contributed by atoms with Crippen LogP contribution in [0.15, 0.2) is 35.1 Å². The van der Waals surface area contributed by atoms with Crippen LogP contribution < -0.4 is 10.5 Å². The van der Waals surface area contributed by atoms with E-state index in [2.05, 4.69) is 25.8 Å². The first-order valence-corrected chi connectivity index (χ1v) is 11.1. The number of unbranched alkanes of at least 4 members (excludes halogenated alkanes) is 2. The number of aromatic nitrogens is 1. The number of benzene rings is 1. The van der Waals surface area contributed by atoms with E-state index in [4.69, 9.17) is 0 Å². The van der Waals surface area contributed by atoms with Crippen LogP contribution in [0.3, 0.4) is 0 Å². The fraction of sp³-hybridized carbons (Fsp3) is 0.609. The summed E-state index contributed by atoms with van der Waals surface area (Å²) in [5, 5.41) is 1.80. The second-order valence-corrected chi connectivity index (χ2v) is 8.36. The van der Waals surface area contributed by atoms with Gasteiger partial charge in [0.05, 0.1) is 0 Å². The molecule has 28 heavy (non-hydrogen) atoms. The Morgan fingerprint density at radius 1 is 0.786 bits per heavy atom. The lowest BCUT2D eigenvalue weighted by Gasteiger charge is -2.35. The van der Waals surface area contributed by atoms with Gasteiger partial charge in [0.1, 0.15) is 5.82 Å². The van der Waals surface area contributed by atoms with Gasteiger partial charge < -0.3 is 14.8 Å². The van der Waals surface area contributed by atoms with E-state index in [-0.39, 0.29) is 5.56 Å². The van der Waals surface area contributed by atoms with E-state index < -0.39 is 0 Å². The van der Waals surface area contributed by atoms with Gasteiger partial charge in [-0.1, -0.05) is 31.0 Å². The van der Waals surface area contributed by atoms with Crippen LogP contribution in [0.2, 0.25) is 0 Å². The molecular weight excluding hydrogens is 348 g/mol. The maximum absolute atomic E-state index is 12.3. The number of hydrogen-bond acceptors (Lipinski definition) is 4. The predicted molar refractivity (Wildman–Crippen MR) is 117 cm³/mol. The Morgan fingerprint density at radius 2 is 1.46 bits per heavy atom. The Bertz CT molecular complexity index is 804. The molecule has 2 aliphatic rings. The number of aromatic amines is 1. The SMILES string of the molecule is O=c1[nH]c(N2CCN(CCCCCN3CCCCC3)CC2)cc2ccccc12. The van der Waals surface area contributed by atoms with E-state index in [1.54, 1.807) is 0 Å². The Kier molecular flexibility index (Phi) is 6.65. The second-order valence-electron chi connectivity index (χ2n) is 8.36. The van der Waals surface area contributed by atoms with Gasteiger partial charge in [-0.15, -0.1) is 0 Å². The van der Waals surface area contributed by atoms with E-state index >= 15 is 0 Å². The van der Waals surface area contributed by atoms with Crippen molar-refractivity contribution in [3.05, 3.63) is 40.7 Å². The number of fused-ring (bicyclic) bond motifs is 1. The first kappa shape index (κ1) is 19.5. The highest BCUT2D eigenvalue weighted by molar-refractivity contribution is 5.83. The minimum absolute atomic E-state index is 0.0178. The van der Waals surface area contributed by atoms with Crippen molar-refractivity contribution in [3.63, 3.8) is 0 Å². The molecule has 2 saturated heterocycles. The zero-order chi connectivity index (χ0) is 19.2. The van der Waals surface area contributed by atoms with Gasteiger partial charge in [-0.3, -0.25) is 9.69 Å². The van der Waals surface area contributed by atoms with Crippen LogP contribution in [0.1, 0.15) is 38.5 Å². The van der Waals surface area contributed by atoms with Gasteiger partial charge in [-0.05, 0) is 69.4 Å². The largest absolute Gasteiger partial charge is 0.356 e. The number of hydrogen-bond donors (Lipinski definition) is 1. The van der Waals surface area contributed by atoms with Gasteiger partial charge in [-0.2, -0.15) is 0 Å². The fourth-order valence-electron chi connectivity index (χ4n) is 4.61. The van der Waals surface area contributed by atoms with Crippen LogP contribution in [0.5, 0.6) is 0 Å². The minimum Gasteiger partial charge on any atom is -0.356 e. The van der Waals surface area contributed by atoms with E-state index in [1.807, 2.05) is 24.3 Å². The summed E-state index contributed by atoms with van der Waals surface area (Å²) in [6.45, 7) is 9.29. The molecule has 0 saturated carbocycles. The first-order chi connectivity index (χ1) is 13.8. The molecule has 2 fully saturated rings. The molecule has 0 spiro atoms. The molecule has 1 aromatic heterocycles. The number of piperidine rings is 1. The van der Waals surface area contributed by atoms with Gasteiger partial charge in [0.25, 0.3) is 5.56 Å². The van der Waals surface area contributed by atoms with Crippen molar-refractivity contribution in [1.82, 2.24) is 14.8 Å². The lowest BCUT2D eigenvalue weighted by atomic mass is 10.1. The van der Waals surface area contributed by atoms with Crippen LogP contribution in [-0.2, 0) is 0 Å². The highest BCUT2D eigenvalue weighted by atomic mass is 16.1. The zero-order valence-electron chi connectivity index (χ0n) is 17.0. The third-order valence-electron chi connectivity index (χ3n) is 6.35. The van der Waals surface area contributed by atoms with Crippen LogP contribution in [-0.4, -0.2) is 67.1 Å². The van der Waals surface area contributed by atoms with Crippen LogP contribution >= 0.6 is 0 Å². The molecule has 0 bridgehead atoms. The fourth-order valence-corrected chi connectivity index (χ4v) is 4.61. The Morgan fingerprint density at radius 3 is 2.21 bits per heavy atom. The summed E-state index contributed by atoms with van der Waals surface area (Å²) in [5.41, 5.74) is 0.0178. The van der Waals surface area contributed by atoms with Gasteiger partial charge in [0, 0.05) is 31.6 Å². The third kappa shape index (κ3) is 4.95. The lowest BCUT2D eigenvalue weighted by Crippen LogP contribution is -2.47. The number of rotatable bonds is 7. The second kappa shape index (κ2) is 9.57. The summed E-state index contributed by atoms with van der Waals surface area (Å²) < 4.78 is 0. The number of pyridine rings is 1. The standard InChI is InChI=1S/C23H34N4O/c28-23-21-10-4-3-9-20(21)19-22(24-23)27-17-15-26(16-18-27)14-8-2-7-13-25-11-5-1-6-12-25/h3-4,9-10,19H,1-2,5-8,11-18H2,(H,24,28). The number of piperazine rings is 1. The summed E-state index contributed by atoms with van der Waals surface area (Å²) in [7, 11) is 0. The number of nitrogens with zero attached hydrogens (tertiary/aromatic N) is 3. The van der Waals surface area contributed by atoms with Crippen molar-refractivity contribution in [2.45, 2.75) is 38.5 Å². The van der Waals surface area contributed by atoms with Crippen molar-refractivity contribution in [3.8, 4) is 0 Å². The topological polar surface area (TPSA) is 42.6 Å². The third-order valence-corrected chi connectivity index (χ3v) is 6.35. The van der Waals surface area contributed by atoms with E-state index in [9.17, 15) is 4.79 Å². The molecule has 1 aromatic carbocycles. The van der Waals surface area contributed by atoms with Gasteiger partial charge in [0.2, 0.25) is 0 Å². The zero-order valence-corrected chi connectivity index (χ0v) is 17.0. The maximum atomic E-state index is 12.3. The predicted octanol–water partition coefficient (Wildman–Crippen LogP) is 3.31. The molecule has 2 aliphatic heterocycles. The number of nitrogens with one attached hydrogen (secondary N) is 1. The number of likely N-dealkylation sites (tertiary alicyclic amines) is 1. The molecule has 0 atom stereocenters. The normalized spacial score (nSPS) is 19.4. The molecule has 152 valence electrons. The highest BCUT2D eigenvalue weighted by Crippen LogP contribution is 2.18. The monoisotopic (exact) mass is 382 g/mol. The molecule has 0 radical (unpaired) electrons. The van der Waals surface area contributed by atoms with E-state index in [1.165, 1.54) is 64.7 Å². The molecule has 3 heterocycles. The highest BCUT2D eigenvalue weighted by Gasteiger charge is 2.18. The average Bonchev–Trinajstić information content (AvgIpc) is 2.75. The molecule has 5 nitrogen and oxygen atoms in total. The first-order valence-electron chi connectivity index (χ1n) is 11.1. The maximum Gasteiger partial charge on any atom is 0.257 e. The summed E-state index contributed by atoms with van der Waals surface area (Å²) in [5.74, 6) is 0.963. The molecule has 0 unspecified atom stereocenters. The number of H-pyrrole nitrogens is 1. The van der Waals surface area contributed by atoms with Crippen molar-refractivity contribution in [1.29, 1.82) is 0 Å². The molecular formula is C23H34N4O. The summed E-state index contributed by atoms with van der Waals surface area (Å²) in [6, 6.07) is 9.94. The average molecular weight is 383 g/mol. The van der Waals surface area contributed by atoms with E-state index in [0.29, 0.717) is 0 Å². The van der Waals surface area contributed by atoms with Crippen LogP contribution in [0.4, 0.5) is 5.82 Å². The van der Waals surface area contributed by atoms with Gasteiger partial charge in [-0.25, -0.2) is 0 Å². The smallest absolute Gasteiger partial charge is 0.257 e. The Balaban J connectivity index is 1.19. The quantitative estimate of drug-likeness (QED) is 0.746. The molecule has 4 rings (SSSR count). The van der Waals surface area contributed by atoms with Gasteiger partial charge in [0.15, 0.2) is 0 Å². The minimum atomic E-state index is 0.0178. The number of anilines is 1. The Labute approximate surface area is 168 Å².